The van der Waals surface area contributed by atoms with Crippen LogP contribution in [-0.4, -0.2) is 0 Å². The summed E-state index contributed by atoms with van der Waals surface area (Å²) in [5, 5.41) is 8.96. The number of unbranched alkanes of at least 4 members (excludes halogenated alkanes) is 2. The van der Waals surface area contributed by atoms with Crippen molar-refractivity contribution in [3.63, 3.8) is 0 Å². The van der Waals surface area contributed by atoms with Crippen LogP contribution in [0.5, 0.6) is 0 Å². The van der Waals surface area contributed by atoms with Gasteiger partial charge in [0.05, 0.1) is 11.6 Å². The third-order valence-electron chi connectivity index (χ3n) is 2.11. The van der Waals surface area contributed by atoms with Crippen molar-refractivity contribution >= 4 is 5.57 Å². The van der Waals surface area contributed by atoms with Gasteiger partial charge in [0.15, 0.2) is 0 Å². The number of nitrogens with zero attached hydrogens (tertiary/aromatic N) is 1. The molecule has 0 heterocycles. The number of benzene rings is 1. The van der Waals surface area contributed by atoms with Crippen LogP contribution in [0.25, 0.3) is 5.57 Å². The Kier molecular flexibility index (Phi) is 4.50. The lowest BCUT2D eigenvalue weighted by atomic mass is 10.1. The number of hydrogen-bond donors (Lipinski definition) is 0. The number of rotatable bonds is 4. The van der Waals surface area contributed by atoms with Crippen LogP contribution in [0.15, 0.2) is 36.4 Å². The average Bonchev–Trinajstić information content (AvgIpc) is 2.26. The summed E-state index contributed by atoms with van der Waals surface area (Å²) in [6.07, 6.45) is 5.34. The summed E-state index contributed by atoms with van der Waals surface area (Å²) >= 11 is 0. The molecule has 0 spiro atoms. The SMILES string of the molecule is CCCCC=C(C#N)c1ccccc1. The van der Waals surface area contributed by atoms with Gasteiger partial charge in [-0.2, -0.15) is 5.26 Å². The second-order valence-corrected chi connectivity index (χ2v) is 3.24. The topological polar surface area (TPSA) is 23.8 Å². The number of allylic oxidation sites excluding steroid dienone is 2. The molecule has 0 aromatic heterocycles. The molecule has 1 heteroatoms. The fourth-order valence-electron chi connectivity index (χ4n) is 1.30. The second-order valence-electron chi connectivity index (χ2n) is 3.24. The first-order valence-electron chi connectivity index (χ1n) is 5.04. The molecule has 0 bridgehead atoms. The minimum atomic E-state index is 0.791. The quantitative estimate of drug-likeness (QED) is 0.517. The van der Waals surface area contributed by atoms with Gasteiger partial charge in [-0.15, -0.1) is 0 Å². The van der Waals surface area contributed by atoms with E-state index in [0.717, 1.165) is 24.0 Å². The highest BCUT2D eigenvalue weighted by atomic mass is 14.2. The molecule has 0 saturated heterocycles. The molecule has 0 aliphatic heterocycles. The average molecular weight is 185 g/mol. The molecule has 0 N–H and O–H groups in total. The van der Waals surface area contributed by atoms with Gasteiger partial charge in [-0.25, -0.2) is 0 Å². The molecule has 1 rings (SSSR count). The zero-order valence-corrected chi connectivity index (χ0v) is 8.53. The van der Waals surface area contributed by atoms with Crippen LogP contribution in [0, 0.1) is 11.3 Å². The van der Waals surface area contributed by atoms with Crippen molar-refractivity contribution < 1.29 is 0 Å². The maximum absolute atomic E-state index is 8.96. The van der Waals surface area contributed by atoms with E-state index in [0.29, 0.717) is 0 Å². The van der Waals surface area contributed by atoms with Crippen LogP contribution in [0.4, 0.5) is 0 Å². The number of hydrogen-bond acceptors (Lipinski definition) is 1. The summed E-state index contributed by atoms with van der Waals surface area (Å²) < 4.78 is 0. The van der Waals surface area contributed by atoms with E-state index in [9.17, 15) is 0 Å². The molecule has 0 radical (unpaired) electrons. The van der Waals surface area contributed by atoms with Gasteiger partial charge in [-0.05, 0) is 12.0 Å². The fourth-order valence-corrected chi connectivity index (χ4v) is 1.30. The first-order chi connectivity index (χ1) is 6.88. The molecule has 1 nitrogen and oxygen atoms in total. The Bertz CT molecular complexity index is 330. The summed E-state index contributed by atoms with van der Waals surface area (Å²) in [6, 6.07) is 12.1. The summed E-state index contributed by atoms with van der Waals surface area (Å²) in [6.45, 7) is 2.16. The predicted octanol–water partition coefficient (Wildman–Crippen LogP) is 3.78. The second kappa shape index (κ2) is 5.99. The first kappa shape index (κ1) is 10.5. The highest BCUT2D eigenvalue weighted by Gasteiger charge is 1.97. The van der Waals surface area contributed by atoms with Crippen molar-refractivity contribution in [1.82, 2.24) is 0 Å². The molecule has 1 aromatic carbocycles. The number of nitriles is 1. The van der Waals surface area contributed by atoms with Gasteiger partial charge < -0.3 is 0 Å². The minimum absolute atomic E-state index is 0.791. The van der Waals surface area contributed by atoms with Crippen molar-refractivity contribution in [2.75, 3.05) is 0 Å². The molecule has 72 valence electrons. The molecule has 0 unspecified atom stereocenters. The highest BCUT2D eigenvalue weighted by Crippen LogP contribution is 2.14. The maximum atomic E-state index is 8.96. The van der Waals surface area contributed by atoms with Crippen LogP contribution >= 0.6 is 0 Å². The third-order valence-corrected chi connectivity index (χ3v) is 2.11. The van der Waals surface area contributed by atoms with E-state index in [2.05, 4.69) is 13.0 Å². The van der Waals surface area contributed by atoms with E-state index < -0.39 is 0 Å². The van der Waals surface area contributed by atoms with E-state index in [1.165, 1.54) is 6.42 Å². The largest absolute Gasteiger partial charge is 0.192 e. The smallest absolute Gasteiger partial charge is 0.0994 e. The molecule has 1 aromatic rings. The zero-order valence-electron chi connectivity index (χ0n) is 8.53. The Morgan fingerprint density at radius 2 is 2.07 bits per heavy atom. The Morgan fingerprint density at radius 1 is 1.36 bits per heavy atom. The van der Waals surface area contributed by atoms with Gasteiger partial charge in [-0.3, -0.25) is 0 Å². The first-order valence-corrected chi connectivity index (χ1v) is 5.04. The van der Waals surface area contributed by atoms with Crippen molar-refractivity contribution in [2.24, 2.45) is 0 Å². The van der Waals surface area contributed by atoms with Crippen LogP contribution in [0.1, 0.15) is 31.7 Å². The Labute approximate surface area is 85.7 Å². The van der Waals surface area contributed by atoms with E-state index in [1.807, 2.05) is 36.4 Å². The molecule has 0 aliphatic carbocycles. The Balaban J connectivity index is 2.74. The normalized spacial score (nSPS) is 11.0. The van der Waals surface area contributed by atoms with Gasteiger partial charge in [0.1, 0.15) is 0 Å². The predicted molar refractivity (Wildman–Crippen MR) is 59.6 cm³/mol. The molecule has 0 amide bonds. The molecule has 0 saturated carbocycles. The lowest BCUT2D eigenvalue weighted by Gasteiger charge is -1.97. The monoisotopic (exact) mass is 185 g/mol. The maximum Gasteiger partial charge on any atom is 0.0994 e. The van der Waals surface area contributed by atoms with Gasteiger partial charge in [0.25, 0.3) is 0 Å². The van der Waals surface area contributed by atoms with Crippen LogP contribution < -0.4 is 0 Å². The third kappa shape index (κ3) is 3.06. The van der Waals surface area contributed by atoms with Crippen molar-refractivity contribution in [3.05, 3.63) is 42.0 Å². The van der Waals surface area contributed by atoms with E-state index >= 15 is 0 Å². The van der Waals surface area contributed by atoms with Gasteiger partial charge >= 0.3 is 0 Å². The lowest BCUT2D eigenvalue weighted by molar-refractivity contribution is 0.816. The lowest BCUT2D eigenvalue weighted by Crippen LogP contribution is -1.80. The molecule has 0 atom stereocenters. The van der Waals surface area contributed by atoms with Crippen molar-refractivity contribution in [2.45, 2.75) is 26.2 Å². The van der Waals surface area contributed by atoms with Gasteiger partial charge in [0.2, 0.25) is 0 Å². The van der Waals surface area contributed by atoms with E-state index in [4.69, 9.17) is 5.26 Å². The molecule has 14 heavy (non-hydrogen) atoms. The molecular formula is C13H15N. The van der Waals surface area contributed by atoms with E-state index in [-0.39, 0.29) is 0 Å². The Morgan fingerprint density at radius 3 is 2.64 bits per heavy atom. The summed E-state index contributed by atoms with van der Waals surface area (Å²) in [5.74, 6) is 0. The van der Waals surface area contributed by atoms with Gasteiger partial charge in [-0.1, -0.05) is 56.2 Å². The van der Waals surface area contributed by atoms with Crippen LogP contribution in [-0.2, 0) is 0 Å². The van der Waals surface area contributed by atoms with Crippen LogP contribution in [0.2, 0.25) is 0 Å². The Hall–Kier alpha value is -1.55. The molecular weight excluding hydrogens is 170 g/mol. The van der Waals surface area contributed by atoms with Crippen molar-refractivity contribution in [3.8, 4) is 6.07 Å². The fraction of sp³-hybridized carbons (Fsp3) is 0.308. The zero-order chi connectivity index (χ0) is 10.2. The standard InChI is InChI=1S/C13H15N/c1-2-3-5-10-13(11-14)12-8-6-4-7-9-12/h4,6-10H,2-3,5H2,1H3. The molecule has 0 fully saturated rings. The van der Waals surface area contributed by atoms with E-state index in [1.54, 1.807) is 0 Å². The van der Waals surface area contributed by atoms with Crippen LogP contribution in [0.3, 0.4) is 0 Å². The highest BCUT2D eigenvalue weighted by molar-refractivity contribution is 5.76. The van der Waals surface area contributed by atoms with Gasteiger partial charge in [0, 0.05) is 0 Å². The van der Waals surface area contributed by atoms with Crippen molar-refractivity contribution in [1.29, 1.82) is 5.26 Å². The summed E-state index contributed by atoms with van der Waals surface area (Å²) in [5.41, 5.74) is 1.81. The summed E-state index contributed by atoms with van der Waals surface area (Å²) in [4.78, 5) is 0. The molecule has 0 aliphatic rings. The summed E-state index contributed by atoms with van der Waals surface area (Å²) in [7, 11) is 0. The minimum Gasteiger partial charge on any atom is -0.192 e.